The van der Waals surface area contributed by atoms with E-state index in [2.05, 4.69) is 38.0 Å². The molecule has 1 aromatic heterocycles. The highest BCUT2D eigenvalue weighted by atomic mass is 127. The van der Waals surface area contributed by atoms with Gasteiger partial charge in [0.05, 0.1) is 16.9 Å². The number of aromatic nitrogens is 3. The monoisotopic (exact) mass is 424 g/mol. The minimum atomic E-state index is -0.200. The maximum atomic E-state index is 12.5. The number of nitrogens with one attached hydrogen (secondary N) is 1. The summed E-state index contributed by atoms with van der Waals surface area (Å²) in [5.41, 5.74) is 1.87. The van der Waals surface area contributed by atoms with Gasteiger partial charge in [-0.25, -0.2) is 9.67 Å². The lowest BCUT2D eigenvalue weighted by molar-refractivity contribution is 0.102. The van der Waals surface area contributed by atoms with Crippen molar-refractivity contribution in [2.75, 3.05) is 5.32 Å². The molecule has 1 heterocycles. The third-order valence-corrected chi connectivity index (χ3v) is 4.17. The molecule has 0 aliphatic carbocycles. The minimum Gasteiger partial charge on any atom is -0.320 e. The van der Waals surface area contributed by atoms with E-state index in [1.807, 2.05) is 18.2 Å². The fourth-order valence-corrected chi connectivity index (χ4v) is 2.78. The first kappa shape index (κ1) is 15.0. The number of amides is 1. The molecule has 0 saturated carbocycles. The molecule has 1 amide bonds. The van der Waals surface area contributed by atoms with Crippen LogP contribution in [0.25, 0.3) is 5.69 Å². The lowest BCUT2D eigenvalue weighted by atomic mass is 10.2. The van der Waals surface area contributed by atoms with Gasteiger partial charge in [0.25, 0.3) is 5.91 Å². The summed E-state index contributed by atoms with van der Waals surface area (Å²) in [6.07, 6.45) is 2.99. The summed E-state index contributed by atoms with van der Waals surface area (Å²) >= 11 is 8.17. The standard InChI is InChI=1S/C15H10ClIN4O/c16-10-5-6-14(21-9-18-8-19-21)13(7-10)20-15(22)11-3-1-2-4-12(11)17/h1-9H,(H,20,22). The summed E-state index contributed by atoms with van der Waals surface area (Å²) in [7, 11) is 0. The first-order chi connectivity index (χ1) is 10.6. The molecule has 22 heavy (non-hydrogen) atoms. The summed E-state index contributed by atoms with van der Waals surface area (Å²) in [5, 5.41) is 7.49. The second kappa shape index (κ2) is 6.45. The molecule has 0 saturated heterocycles. The topological polar surface area (TPSA) is 59.8 Å². The third-order valence-electron chi connectivity index (χ3n) is 2.99. The molecule has 0 radical (unpaired) electrons. The van der Waals surface area contributed by atoms with Crippen LogP contribution >= 0.6 is 34.2 Å². The lowest BCUT2D eigenvalue weighted by Crippen LogP contribution is -2.15. The van der Waals surface area contributed by atoms with Crippen LogP contribution in [0.5, 0.6) is 0 Å². The van der Waals surface area contributed by atoms with Crippen molar-refractivity contribution in [1.29, 1.82) is 0 Å². The molecule has 0 aliphatic heterocycles. The molecule has 0 bridgehead atoms. The molecular weight excluding hydrogens is 415 g/mol. The van der Waals surface area contributed by atoms with E-state index in [0.29, 0.717) is 22.0 Å². The quantitative estimate of drug-likeness (QED) is 0.651. The van der Waals surface area contributed by atoms with Gasteiger partial charge in [0.2, 0.25) is 0 Å². The van der Waals surface area contributed by atoms with Crippen molar-refractivity contribution in [3.63, 3.8) is 0 Å². The van der Waals surface area contributed by atoms with Gasteiger partial charge in [0, 0.05) is 8.59 Å². The molecule has 0 aliphatic rings. The zero-order valence-electron chi connectivity index (χ0n) is 11.2. The number of anilines is 1. The second-order valence-electron chi connectivity index (χ2n) is 4.44. The van der Waals surface area contributed by atoms with Gasteiger partial charge in [0.15, 0.2) is 0 Å². The Kier molecular flexibility index (Phi) is 4.39. The van der Waals surface area contributed by atoms with Crippen molar-refractivity contribution in [2.45, 2.75) is 0 Å². The number of carbonyl (C=O) groups is 1. The summed E-state index contributed by atoms with van der Waals surface area (Å²) in [4.78, 5) is 16.4. The lowest BCUT2D eigenvalue weighted by Gasteiger charge is -2.12. The summed E-state index contributed by atoms with van der Waals surface area (Å²) in [5.74, 6) is -0.200. The zero-order chi connectivity index (χ0) is 15.5. The molecule has 0 atom stereocenters. The number of nitrogens with zero attached hydrogens (tertiary/aromatic N) is 3. The van der Waals surface area contributed by atoms with Gasteiger partial charge in [0.1, 0.15) is 12.7 Å². The predicted molar refractivity (Wildman–Crippen MR) is 93.5 cm³/mol. The van der Waals surface area contributed by atoms with Crippen molar-refractivity contribution >= 4 is 45.8 Å². The van der Waals surface area contributed by atoms with E-state index in [9.17, 15) is 4.79 Å². The molecule has 0 spiro atoms. The Hall–Kier alpha value is -1.93. The van der Waals surface area contributed by atoms with Gasteiger partial charge in [-0.1, -0.05) is 23.7 Å². The van der Waals surface area contributed by atoms with Crippen LogP contribution in [0, 0.1) is 3.57 Å². The molecule has 0 fully saturated rings. The predicted octanol–water partition coefficient (Wildman–Crippen LogP) is 3.78. The smallest absolute Gasteiger partial charge is 0.256 e. The van der Waals surface area contributed by atoms with Crippen LogP contribution in [0.2, 0.25) is 5.02 Å². The van der Waals surface area contributed by atoms with Gasteiger partial charge in [-0.2, -0.15) is 5.10 Å². The highest BCUT2D eigenvalue weighted by Gasteiger charge is 2.13. The number of halogens is 2. The Morgan fingerprint density at radius 1 is 1.23 bits per heavy atom. The van der Waals surface area contributed by atoms with Crippen LogP contribution < -0.4 is 5.32 Å². The Labute approximate surface area is 145 Å². The van der Waals surface area contributed by atoms with Gasteiger partial charge < -0.3 is 5.32 Å². The first-order valence-electron chi connectivity index (χ1n) is 6.35. The summed E-state index contributed by atoms with van der Waals surface area (Å²) in [6, 6.07) is 12.6. The number of hydrogen-bond acceptors (Lipinski definition) is 3. The molecule has 5 nitrogen and oxygen atoms in total. The highest BCUT2D eigenvalue weighted by Crippen LogP contribution is 2.25. The molecule has 110 valence electrons. The van der Waals surface area contributed by atoms with E-state index in [1.54, 1.807) is 35.3 Å². The number of rotatable bonds is 3. The average molecular weight is 425 g/mol. The normalized spacial score (nSPS) is 10.5. The molecule has 2 aromatic carbocycles. The van der Waals surface area contributed by atoms with Crippen LogP contribution in [-0.4, -0.2) is 20.7 Å². The van der Waals surface area contributed by atoms with Crippen LogP contribution in [0.3, 0.4) is 0 Å². The molecule has 3 rings (SSSR count). The summed E-state index contributed by atoms with van der Waals surface area (Å²) in [6.45, 7) is 0. The molecule has 0 unspecified atom stereocenters. The van der Waals surface area contributed by atoms with Crippen LogP contribution in [0.1, 0.15) is 10.4 Å². The Morgan fingerprint density at radius 3 is 2.77 bits per heavy atom. The largest absolute Gasteiger partial charge is 0.320 e. The van der Waals surface area contributed by atoms with E-state index < -0.39 is 0 Å². The Morgan fingerprint density at radius 2 is 2.05 bits per heavy atom. The zero-order valence-corrected chi connectivity index (χ0v) is 14.1. The van der Waals surface area contributed by atoms with Crippen molar-refractivity contribution < 1.29 is 4.79 Å². The SMILES string of the molecule is O=C(Nc1cc(Cl)ccc1-n1cncn1)c1ccccc1I. The van der Waals surface area contributed by atoms with Gasteiger partial charge in [-0.3, -0.25) is 4.79 Å². The van der Waals surface area contributed by atoms with Crippen molar-refractivity contribution in [1.82, 2.24) is 14.8 Å². The van der Waals surface area contributed by atoms with Crippen LogP contribution in [0.15, 0.2) is 55.1 Å². The first-order valence-corrected chi connectivity index (χ1v) is 7.81. The van der Waals surface area contributed by atoms with E-state index >= 15 is 0 Å². The van der Waals surface area contributed by atoms with E-state index in [4.69, 9.17) is 11.6 Å². The molecule has 7 heteroatoms. The molecular formula is C15H10ClIN4O. The van der Waals surface area contributed by atoms with Gasteiger partial charge >= 0.3 is 0 Å². The van der Waals surface area contributed by atoms with Crippen LogP contribution in [-0.2, 0) is 0 Å². The van der Waals surface area contributed by atoms with Gasteiger partial charge in [-0.15, -0.1) is 0 Å². The van der Waals surface area contributed by atoms with E-state index in [0.717, 1.165) is 3.57 Å². The van der Waals surface area contributed by atoms with Crippen molar-refractivity contribution in [3.05, 3.63) is 69.3 Å². The molecule has 3 aromatic rings. The third kappa shape index (κ3) is 3.12. The fraction of sp³-hybridized carbons (Fsp3) is 0. The minimum absolute atomic E-state index is 0.200. The Bertz CT molecular complexity index is 820. The maximum Gasteiger partial charge on any atom is 0.256 e. The highest BCUT2D eigenvalue weighted by molar-refractivity contribution is 14.1. The summed E-state index contributed by atoms with van der Waals surface area (Å²) < 4.78 is 2.45. The van der Waals surface area contributed by atoms with Gasteiger partial charge in [-0.05, 0) is 52.9 Å². The van der Waals surface area contributed by atoms with E-state index in [1.165, 1.54) is 6.33 Å². The van der Waals surface area contributed by atoms with E-state index in [-0.39, 0.29) is 5.91 Å². The number of benzene rings is 2. The average Bonchev–Trinajstić information content (AvgIpc) is 3.02. The fourth-order valence-electron chi connectivity index (χ4n) is 1.98. The second-order valence-corrected chi connectivity index (χ2v) is 6.03. The number of hydrogen-bond donors (Lipinski definition) is 1. The Balaban J connectivity index is 1.97. The maximum absolute atomic E-state index is 12.5. The van der Waals surface area contributed by atoms with Crippen molar-refractivity contribution in [3.8, 4) is 5.69 Å². The number of carbonyl (C=O) groups excluding carboxylic acids is 1. The molecule has 1 N–H and O–H groups in total. The van der Waals surface area contributed by atoms with Crippen molar-refractivity contribution in [2.24, 2.45) is 0 Å². The van der Waals surface area contributed by atoms with Crippen LogP contribution in [0.4, 0.5) is 5.69 Å².